The van der Waals surface area contributed by atoms with Crippen molar-refractivity contribution in [2.24, 2.45) is 0 Å². The van der Waals surface area contributed by atoms with E-state index in [0.717, 1.165) is 12.1 Å². The normalized spacial score (nSPS) is 19.0. The van der Waals surface area contributed by atoms with Crippen LogP contribution in [0, 0.1) is 0 Å². The van der Waals surface area contributed by atoms with Crippen molar-refractivity contribution < 1.29 is 44.6 Å². The van der Waals surface area contributed by atoms with Gasteiger partial charge in [-0.2, -0.15) is 0 Å². The minimum absolute atomic E-state index is 0.0893. The summed E-state index contributed by atoms with van der Waals surface area (Å²) in [6.07, 6.45) is -3.13. The van der Waals surface area contributed by atoms with Crippen LogP contribution in [-0.4, -0.2) is 56.3 Å². The first-order valence-electron chi connectivity index (χ1n) is 6.01. The molecule has 0 radical (unpaired) electrons. The fourth-order valence-electron chi connectivity index (χ4n) is 1.71. The van der Waals surface area contributed by atoms with E-state index in [1.165, 1.54) is 6.07 Å². The summed E-state index contributed by atoms with van der Waals surface area (Å²) >= 11 is 0. The lowest BCUT2D eigenvalue weighted by Gasteiger charge is -2.17. The first-order valence-corrected chi connectivity index (χ1v) is 6.01. The Morgan fingerprint density at radius 1 is 1.23 bits per heavy atom. The van der Waals surface area contributed by atoms with E-state index in [0.29, 0.717) is 0 Å². The summed E-state index contributed by atoms with van der Waals surface area (Å²) in [5.74, 6) is -4.93. The molecular formula is C13H12O9. The average Bonchev–Trinajstić information content (AvgIpc) is 2.75. The van der Waals surface area contributed by atoms with Crippen molar-refractivity contribution in [2.75, 3.05) is 6.61 Å². The molecule has 118 valence electrons. The summed E-state index contributed by atoms with van der Waals surface area (Å²) in [5.41, 5.74) is -0.0893. The molecule has 0 unspecified atom stereocenters. The maximum absolute atomic E-state index is 11.7. The number of aliphatic hydroxyl groups is 3. The summed E-state index contributed by atoms with van der Waals surface area (Å²) in [6.45, 7) is -0.643. The molecule has 1 aromatic carbocycles. The van der Waals surface area contributed by atoms with Crippen molar-refractivity contribution in [1.29, 1.82) is 0 Å². The minimum Gasteiger partial charge on any atom is -0.505 e. The van der Waals surface area contributed by atoms with E-state index in [1.807, 2.05) is 0 Å². The number of aliphatic hydroxyl groups excluding tert-OH is 3. The van der Waals surface area contributed by atoms with E-state index < -0.39 is 53.8 Å². The van der Waals surface area contributed by atoms with Gasteiger partial charge in [0.2, 0.25) is 5.76 Å². The highest BCUT2D eigenvalue weighted by molar-refractivity contribution is 5.90. The van der Waals surface area contributed by atoms with Gasteiger partial charge < -0.3 is 35.0 Å². The second kappa shape index (κ2) is 5.82. The highest BCUT2D eigenvalue weighted by Crippen LogP contribution is 2.25. The number of ether oxygens (including phenoxy) is 2. The minimum atomic E-state index is -1.59. The summed E-state index contributed by atoms with van der Waals surface area (Å²) in [4.78, 5) is 22.6. The number of benzene rings is 1. The zero-order valence-electron chi connectivity index (χ0n) is 11.0. The quantitative estimate of drug-likeness (QED) is 0.377. The van der Waals surface area contributed by atoms with Crippen molar-refractivity contribution in [1.82, 2.24) is 0 Å². The van der Waals surface area contributed by atoms with E-state index >= 15 is 0 Å². The molecule has 2 atom stereocenters. The maximum Gasteiger partial charge on any atom is 0.377 e. The Labute approximate surface area is 123 Å². The average molecular weight is 312 g/mol. The van der Waals surface area contributed by atoms with Crippen molar-refractivity contribution >= 4 is 11.9 Å². The number of esters is 2. The van der Waals surface area contributed by atoms with Crippen LogP contribution in [0.4, 0.5) is 0 Å². The van der Waals surface area contributed by atoms with Gasteiger partial charge in [0.25, 0.3) is 0 Å². The molecule has 1 aliphatic rings. The van der Waals surface area contributed by atoms with Gasteiger partial charge in [-0.1, -0.05) is 0 Å². The zero-order valence-corrected chi connectivity index (χ0v) is 11.0. The number of carbonyl (C=O) groups excluding carboxylic acids is 2. The van der Waals surface area contributed by atoms with Gasteiger partial charge in [-0.15, -0.1) is 0 Å². The number of phenolic OH excluding ortho intramolecular Hbond substituents is 2. The van der Waals surface area contributed by atoms with E-state index in [-0.39, 0.29) is 5.56 Å². The van der Waals surface area contributed by atoms with Crippen LogP contribution < -0.4 is 0 Å². The predicted octanol–water partition coefficient (Wildman–Crippen LogP) is -0.132. The number of rotatable bonds is 4. The van der Waals surface area contributed by atoms with Crippen LogP contribution in [0.25, 0.3) is 0 Å². The standard InChI is InChI=1S/C13H12O9/c14-6-2-1-5(3-7(6)15)12(19)21-4-8(16)11-9(17)10(18)13(20)22-11/h1-3,8,11,14-18H,4H2/t8-,11-/m1/s1. The predicted molar refractivity (Wildman–Crippen MR) is 68.2 cm³/mol. The van der Waals surface area contributed by atoms with Crippen molar-refractivity contribution in [3.63, 3.8) is 0 Å². The highest BCUT2D eigenvalue weighted by atomic mass is 16.6. The molecule has 0 aliphatic carbocycles. The van der Waals surface area contributed by atoms with Gasteiger partial charge >= 0.3 is 11.9 Å². The van der Waals surface area contributed by atoms with Crippen molar-refractivity contribution in [3.05, 3.63) is 35.3 Å². The first-order chi connectivity index (χ1) is 10.3. The lowest BCUT2D eigenvalue weighted by atomic mass is 10.2. The highest BCUT2D eigenvalue weighted by Gasteiger charge is 2.39. The van der Waals surface area contributed by atoms with Gasteiger partial charge in [0.1, 0.15) is 12.7 Å². The molecule has 1 aliphatic heterocycles. The molecule has 0 fully saturated rings. The van der Waals surface area contributed by atoms with Crippen LogP contribution >= 0.6 is 0 Å². The number of hydrogen-bond acceptors (Lipinski definition) is 9. The lowest BCUT2D eigenvalue weighted by Crippen LogP contribution is -2.33. The SMILES string of the molecule is O=C1O[C@H]([C@H](O)COC(=O)c2ccc(O)c(O)c2)C(O)=C1O. The number of phenols is 2. The third-order valence-corrected chi connectivity index (χ3v) is 2.89. The number of aromatic hydroxyl groups is 2. The molecule has 9 nitrogen and oxygen atoms in total. The van der Waals surface area contributed by atoms with Crippen molar-refractivity contribution in [3.8, 4) is 11.5 Å². The van der Waals surface area contributed by atoms with Gasteiger partial charge in [0.05, 0.1) is 5.56 Å². The molecule has 1 heterocycles. The molecule has 2 rings (SSSR count). The first kappa shape index (κ1) is 15.4. The molecule has 0 aromatic heterocycles. The summed E-state index contributed by atoms with van der Waals surface area (Å²) in [6, 6.07) is 3.22. The number of hydrogen-bond donors (Lipinski definition) is 5. The molecular weight excluding hydrogens is 300 g/mol. The topological polar surface area (TPSA) is 154 Å². The third-order valence-electron chi connectivity index (χ3n) is 2.89. The van der Waals surface area contributed by atoms with Gasteiger partial charge in [-0.25, -0.2) is 9.59 Å². The summed E-state index contributed by atoms with van der Waals surface area (Å²) < 4.78 is 9.22. The Morgan fingerprint density at radius 2 is 1.91 bits per heavy atom. The van der Waals surface area contributed by atoms with Gasteiger partial charge in [-0.05, 0) is 18.2 Å². The van der Waals surface area contributed by atoms with Crippen LogP contribution in [0.15, 0.2) is 29.7 Å². The van der Waals surface area contributed by atoms with Crippen molar-refractivity contribution in [2.45, 2.75) is 12.2 Å². The van der Waals surface area contributed by atoms with Crippen LogP contribution in [0.1, 0.15) is 10.4 Å². The van der Waals surface area contributed by atoms with Gasteiger partial charge in [-0.3, -0.25) is 0 Å². The monoisotopic (exact) mass is 312 g/mol. The summed E-state index contributed by atoms with van der Waals surface area (Å²) in [7, 11) is 0. The molecule has 0 amide bonds. The fraction of sp³-hybridized carbons (Fsp3) is 0.231. The molecule has 0 bridgehead atoms. The molecule has 0 saturated carbocycles. The molecule has 22 heavy (non-hydrogen) atoms. The smallest absolute Gasteiger partial charge is 0.377 e. The molecule has 5 N–H and O–H groups in total. The van der Waals surface area contributed by atoms with Crippen LogP contribution in [0.5, 0.6) is 11.5 Å². The maximum atomic E-state index is 11.7. The molecule has 1 aromatic rings. The number of carbonyl (C=O) groups is 2. The number of cyclic esters (lactones) is 1. The fourth-order valence-corrected chi connectivity index (χ4v) is 1.71. The second-order valence-corrected chi connectivity index (χ2v) is 4.43. The van der Waals surface area contributed by atoms with E-state index in [4.69, 9.17) is 14.9 Å². The Morgan fingerprint density at radius 3 is 2.45 bits per heavy atom. The van der Waals surface area contributed by atoms with Gasteiger partial charge in [0.15, 0.2) is 23.4 Å². The van der Waals surface area contributed by atoms with Gasteiger partial charge in [0, 0.05) is 0 Å². The van der Waals surface area contributed by atoms with E-state index in [2.05, 4.69) is 4.74 Å². The Kier molecular flexibility index (Phi) is 4.08. The van der Waals surface area contributed by atoms with Crippen LogP contribution in [-0.2, 0) is 14.3 Å². The van der Waals surface area contributed by atoms with E-state index in [1.54, 1.807) is 0 Å². The largest absolute Gasteiger partial charge is 0.505 e. The Bertz CT molecular complexity index is 649. The molecule has 9 heteroatoms. The van der Waals surface area contributed by atoms with Crippen LogP contribution in [0.3, 0.4) is 0 Å². The van der Waals surface area contributed by atoms with E-state index in [9.17, 15) is 24.9 Å². The molecule has 0 saturated heterocycles. The third kappa shape index (κ3) is 2.88. The summed E-state index contributed by atoms with van der Waals surface area (Å²) in [5, 5.41) is 46.5. The zero-order chi connectivity index (χ0) is 16.4. The van der Waals surface area contributed by atoms with Crippen LogP contribution in [0.2, 0.25) is 0 Å². The Hall–Kier alpha value is -2.94. The lowest BCUT2D eigenvalue weighted by molar-refractivity contribution is -0.147. The second-order valence-electron chi connectivity index (χ2n) is 4.43. The molecule has 0 spiro atoms. The Balaban J connectivity index is 1.96.